The number of benzene rings is 2. The number of nitrogens with zero attached hydrogens (tertiary/aromatic N) is 5. The Bertz CT molecular complexity index is 2040. The van der Waals surface area contributed by atoms with Gasteiger partial charge in [-0.3, -0.25) is 9.59 Å². The zero-order chi connectivity index (χ0) is 31.1. The topological polar surface area (TPSA) is 134 Å². The molecular weight excluding hydrogens is 590 g/mol. The number of fused-ring (bicyclic) bond motifs is 4. The fraction of sp³-hybridized carbons (Fsp3) is 0.353. The second kappa shape index (κ2) is 10.3. The summed E-state index contributed by atoms with van der Waals surface area (Å²) in [5.41, 5.74) is 17.6. The quantitative estimate of drug-likeness (QED) is 0.262. The lowest BCUT2D eigenvalue weighted by molar-refractivity contribution is 0.0700. The van der Waals surface area contributed by atoms with Crippen LogP contribution >= 0.6 is 11.6 Å². The van der Waals surface area contributed by atoms with E-state index in [0.29, 0.717) is 40.2 Å². The van der Waals surface area contributed by atoms with Gasteiger partial charge < -0.3 is 30.2 Å². The maximum Gasteiger partial charge on any atom is 0.254 e. The van der Waals surface area contributed by atoms with Crippen LogP contribution in [0.3, 0.4) is 0 Å². The van der Waals surface area contributed by atoms with Gasteiger partial charge >= 0.3 is 0 Å². The van der Waals surface area contributed by atoms with Crippen molar-refractivity contribution < 1.29 is 14.3 Å². The number of halogens is 1. The van der Waals surface area contributed by atoms with E-state index in [4.69, 9.17) is 37.8 Å². The van der Waals surface area contributed by atoms with Crippen molar-refractivity contribution in [3.8, 4) is 28.5 Å². The average Bonchev–Trinajstić information content (AvgIpc) is 3.44. The summed E-state index contributed by atoms with van der Waals surface area (Å²) in [5.74, 6) is 1.73. The van der Waals surface area contributed by atoms with Crippen molar-refractivity contribution in [1.29, 1.82) is 0 Å². The number of nitrogens with two attached hydrogens (primary N) is 2. The number of likely N-dealkylation sites (tertiary alicyclic amines) is 1. The van der Waals surface area contributed by atoms with Gasteiger partial charge in [-0.1, -0.05) is 17.7 Å². The number of aryl methyl sites for hydroxylation is 1. The molecule has 2 amide bonds. The molecule has 10 nitrogen and oxygen atoms in total. The summed E-state index contributed by atoms with van der Waals surface area (Å²) in [6.45, 7) is 1.52. The zero-order valence-corrected chi connectivity index (χ0v) is 25.9. The largest absolute Gasteiger partial charge is 0.494 e. The van der Waals surface area contributed by atoms with Crippen LogP contribution < -0.4 is 16.2 Å². The summed E-state index contributed by atoms with van der Waals surface area (Å²) in [5, 5.41) is 1.28. The van der Waals surface area contributed by atoms with Crippen LogP contribution in [-0.2, 0) is 13.6 Å². The molecule has 2 aromatic carbocycles. The minimum atomic E-state index is -0.569. The average molecular weight is 624 g/mol. The van der Waals surface area contributed by atoms with Gasteiger partial charge in [0, 0.05) is 48.7 Å². The van der Waals surface area contributed by atoms with Crippen LogP contribution in [0.2, 0.25) is 5.02 Å². The standard InChI is InChI=1S/C34H34ClN7O3/c1-40-30-25(12-21(14-28(30)45-2)34(44)42-16-20-7-10-26(42)29(20)36)39-33(40)27-13-19-6-9-24(38-32(19)41(27)15-17-3-4-17)18-5-8-22(31(37)43)23(35)11-18/h5-6,8-9,11-14,17,20,26,29H,3-4,7,10,15-16,36H2,1-2H3,(H2,37,43)/t20?,26?,29-/m1/s1. The lowest BCUT2D eigenvalue weighted by atomic mass is 10.1. The molecule has 2 unspecified atom stereocenters. The number of carbonyl (C=O) groups is 2. The van der Waals surface area contributed by atoms with Crippen molar-refractivity contribution in [2.45, 2.75) is 44.3 Å². The van der Waals surface area contributed by atoms with E-state index in [1.54, 1.807) is 19.2 Å². The van der Waals surface area contributed by atoms with Gasteiger partial charge in [0.1, 0.15) is 16.9 Å². The number of imidazole rings is 1. The second-order valence-corrected chi connectivity index (χ2v) is 13.1. The van der Waals surface area contributed by atoms with Crippen molar-refractivity contribution in [2.24, 2.45) is 30.4 Å². The Balaban J connectivity index is 1.23. The van der Waals surface area contributed by atoms with Crippen LogP contribution in [0.1, 0.15) is 46.4 Å². The van der Waals surface area contributed by atoms with Gasteiger partial charge in [-0.2, -0.15) is 0 Å². The van der Waals surface area contributed by atoms with Crippen molar-refractivity contribution >= 4 is 45.5 Å². The SMILES string of the molecule is COc1cc(C(=O)N2CC3CCC2[C@@H]3N)cc2nc(-c3cc4ccc(-c5ccc(C(N)=O)c(Cl)c5)nc4n3CC3CC3)n(C)c12. The first-order chi connectivity index (χ1) is 21.7. The molecule has 3 fully saturated rings. The molecule has 4 N–H and O–H groups in total. The number of methoxy groups -OCH3 is 1. The summed E-state index contributed by atoms with van der Waals surface area (Å²) in [7, 11) is 3.61. The third-order valence-electron chi connectivity index (χ3n) is 9.96. The van der Waals surface area contributed by atoms with Crippen LogP contribution in [0.25, 0.3) is 44.8 Å². The molecular formula is C34H34ClN7O3. The molecule has 8 rings (SSSR count). The maximum atomic E-state index is 13.7. The third kappa shape index (κ3) is 4.49. The number of primary amides is 1. The minimum absolute atomic E-state index is 0.0198. The first-order valence-electron chi connectivity index (χ1n) is 15.4. The lowest BCUT2D eigenvalue weighted by Crippen LogP contribution is -2.41. The molecule has 3 aromatic heterocycles. The molecule has 3 atom stereocenters. The third-order valence-corrected chi connectivity index (χ3v) is 10.3. The molecule has 2 aliphatic carbocycles. The molecule has 2 bridgehead atoms. The van der Waals surface area contributed by atoms with Crippen LogP contribution in [0, 0.1) is 11.8 Å². The molecule has 1 saturated heterocycles. The van der Waals surface area contributed by atoms with Crippen LogP contribution in [0.15, 0.2) is 48.5 Å². The van der Waals surface area contributed by atoms with Gasteiger partial charge in [0.25, 0.3) is 5.91 Å². The van der Waals surface area contributed by atoms with Crippen LogP contribution in [-0.4, -0.2) is 61.6 Å². The van der Waals surface area contributed by atoms with Gasteiger partial charge in [0.15, 0.2) is 5.82 Å². The van der Waals surface area contributed by atoms with Gasteiger partial charge in [0.05, 0.1) is 34.6 Å². The Morgan fingerprint density at radius 1 is 1.04 bits per heavy atom. The lowest BCUT2D eigenvalue weighted by Gasteiger charge is -2.27. The van der Waals surface area contributed by atoms with E-state index in [2.05, 4.69) is 16.7 Å². The number of carbonyl (C=O) groups excluding carboxylic acids is 2. The molecule has 3 aliphatic rings. The summed E-state index contributed by atoms with van der Waals surface area (Å²) < 4.78 is 10.1. The molecule has 4 heterocycles. The molecule has 1 aliphatic heterocycles. The summed E-state index contributed by atoms with van der Waals surface area (Å²) >= 11 is 6.37. The van der Waals surface area contributed by atoms with E-state index in [-0.39, 0.29) is 23.6 Å². The molecule has 230 valence electrons. The van der Waals surface area contributed by atoms with Gasteiger partial charge in [-0.05, 0) is 80.0 Å². The smallest absolute Gasteiger partial charge is 0.254 e. The highest BCUT2D eigenvalue weighted by Gasteiger charge is 2.47. The van der Waals surface area contributed by atoms with Crippen LogP contribution in [0.5, 0.6) is 5.75 Å². The Morgan fingerprint density at radius 2 is 1.87 bits per heavy atom. The van der Waals surface area contributed by atoms with E-state index in [1.807, 2.05) is 40.8 Å². The highest BCUT2D eigenvalue weighted by Crippen LogP contribution is 2.40. The number of ether oxygens (including phenoxy) is 1. The Hall–Kier alpha value is -4.41. The monoisotopic (exact) mass is 623 g/mol. The molecule has 11 heteroatoms. The number of hydrogen-bond donors (Lipinski definition) is 2. The van der Waals surface area contributed by atoms with E-state index in [0.717, 1.165) is 58.7 Å². The van der Waals surface area contributed by atoms with Gasteiger partial charge in [0.2, 0.25) is 5.91 Å². The van der Waals surface area contributed by atoms with E-state index in [1.165, 1.54) is 12.8 Å². The first kappa shape index (κ1) is 28.1. The predicted octanol–water partition coefficient (Wildman–Crippen LogP) is 4.99. The highest BCUT2D eigenvalue weighted by molar-refractivity contribution is 6.34. The first-order valence-corrected chi connectivity index (χ1v) is 15.8. The van der Waals surface area contributed by atoms with E-state index in [9.17, 15) is 9.59 Å². The van der Waals surface area contributed by atoms with E-state index >= 15 is 0 Å². The van der Waals surface area contributed by atoms with Crippen molar-refractivity contribution in [2.75, 3.05) is 13.7 Å². The second-order valence-electron chi connectivity index (χ2n) is 12.7. The molecule has 2 saturated carbocycles. The predicted molar refractivity (Wildman–Crippen MR) is 173 cm³/mol. The fourth-order valence-corrected chi connectivity index (χ4v) is 7.63. The number of aromatic nitrogens is 4. The fourth-order valence-electron chi connectivity index (χ4n) is 7.36. The summed E-state index contributed by atoms with van der Waals surface area (Å²) in [4.78, 5) is 37.5. The minimum Gasteiger partial charge on any atom is -0.494 e. The summed E-state index contributed by atoms with van der Waals surface area (Å²) in [6.07, 6.45) is 4.39. The summed E-state index contributed by atoms with van der Waals surface area (Å²) in [6, 6.07) is 15.2. The normalized spacial score (nSPS) is 20.9. The maximum absolute atomic E-state index is 13.7. The number of rotatable bonds is 7. The molecule has 5 aromatic rings. The Labute approximate surface area is 264 Å². The van der Waals surface area contributed by atoms with Crippen molar-refractivity contribution in [1.82, 2.24) is 24.0 Å². The Morgan fingerprint density at radius 3 is 2.53 bits per heavy atom. The van der Waals surface area contributed by atoms with Gasteiger partial charge in [-0.25, -0.2) is 9.97 Å². The van der Waals surface area contributed by atoms with Crippen molar-refractivity contribution in [3.05, 3.63) is 64.7 Å². The highest BCUT2D eigenvalue weighted by atomic mass is 35.5. The number of amides is 2. The number of pyridine rings is 1. The molecule has 0 spiro atoms. The molecule has 0 radical (unpaired) electrons. The number of piperidine rings is 1. The van der Waals surface area contributed by atoms with Crippen LogP contribution in [0.4, 0.5) is 0 Å². The number of hydrogen-bond acceptors (Lipinski definition) is 6. The molecule has 45 heavy (non-hydrogen) atoms. The van der Waals surface area contributed by atoms with Crippen molar-refractivity contribution in [3.63, 3.8) is 0 Å². The Kier molecular flexibility index (Phi) is 6.44. The van der Waals surface area contributed by atoms with Gasteiger partial charge in [-0.15, -0.1) is 0 Å². The van der Waals surface area contributed by atoms with E-state index < -0.39 is 5.91 Å². The zero-order valence-electron chi connectivity index (χ0n) is 25.2.